The largest absolute Gasteiger partial charge is 0.325 e. The van der Waals surface area contributed by atoms with Crippen LogP contribution in [-0.2, 0) is 14.8 Å². The third kappa shape index (κ3) is 5.21. The minimum atomic E-state index is -3.69. The molecule has 0 saturated heterocycles. The van der Waals surface area contributed by atoms with Gasteiger partial charge in [-0.05, 0) is 24.3 Å². The number of carbonyl (C=O) groups is 1. The fourth-order valence-electron chi connectivity index (χ4n) is 1.89. The summed E-state index contributed by atoms with van der Waals surface area (Å²) in [5, 5.41) is 4.73. The van der Waals surface area contributed by atoms with Gasteiger partial charge in [0.1, 0.15) is 4.38 Å². The van der Waals surface area contributed by atoms with E-state index in [1.165, 1.54) is 41.4 Å². The second-order valence-corrected chi connectivity index (χ2v) is 9.68. The Bertz CT molecular complexity index is 864. The Hall–Kier alpha value is -1.56. The molecule has 0 saturated carbocycles. The van der Waals surface area contributed by atoms with Gasteiger partial charge >= 0.3 is 0 Å². The van der Waals surface area contributed by atoms with E-state index in [2.05, 4.69) is 20.0 Å². The van der Waals surface area contributed by atoms with Crippen LogP contribution in [0.4, 0.5) is 10.8 Å². The number of aromatic nitrogens is 1. The molecule has 2 heterocycles. The van der Waals surface area contributed by atoms with Crippen molar-refractivity contribution in [3.05, 3.63) is 35.8 Å². The van der Waals surface area contributed by atoms with Crippen LogP contribution in [0.1, 0.15) is 0 Å². The van der Waals surface area contributed by atoms with E-state index in [0.717, 1.165) is 16.7 Å². The summed E-state index contributed by atoms with van der Waals surface area (Å²) in [5.74, 6) is 1.09. The quantitative estimate of drug-likeness (QED) is 0.754. The Balaban J connectivity index is 1.57. The SMILES string of the molecule is O=C(CSC1=NCCS1)Nc1ccc(S(=O)(=O)Nc2nccs2)cc1. The van der Waals surface area contributed by atoms with Crippen LogP contribution in [0.3, 0.4) is 0 Å². The maximum atomic E-state index is 12.2. The van der Waals surface area contributed by atoms with Gasteiger partial charge < -0.3 is 5.32 Å². The van der Waals surface area contributed by atoms with Crippen LogP contribution in [0.15, 0.2) is 45.7 Å². The van der Waals surface area contributed by atoms with Crippen molar-refractivity contribution < 1.29 is 13.2 Å². The first-order chi connectivity index (χ1) is 12.0. The van der Waals surface area contributed by atoms with E-state index in [-0.39, 0.29) is 16.6 Å². The van der Waals surface area contributed by atoms with Gasteiger partial charge in [-0.2, -0.15) is 0 Å². The smallest absolute Gasteiger partial charge is 0.263 e. The number of nitrogens with one attached hydrogen (secondary N) is 2. The van der Waals surface area contributed by atoms with Crippen molar-refractivity contribution in [3.63, 3.8) is 0 Å². The summed E-state index contributed by atoms with van der Waals surface area (Å²) < 4.78 is 27.8. The number of nitrogens with zero attached hydrogens (tertiary/aromatic N) is 2. The fourth-order valence-corrected chi connectivity index (χ4v) is 5.49. The number of thioether (sulfide) groups is 2. The van der Waals surface area contributed by atoms with E-state index in [1.807, 2.05) is 0 Å². The number of benzene rings is 1. The average molecular weight is 415 g/mol. The summed E-state index contributed by atoms with van der Waals surface area (Å²) in [4.78, 5) is 20.2. The molecule has 0 atom stereocenters. The lowest BCUT2D eigenvalue weighted by atomic mass is 10.3. The number of hydrogen-bond donors (Lipinski definition) is 2. The molecule has 1 aliphatic rings. The molecule has 7 nitrogen and oxygen atoms in total. The van der Waals surface area contributed by atoms with Gasteiger partial charge in [0.25, 0.3) is 10.0 Å². The van der Waals surface area contributed by atoms with E-state index >= 15 is 0 Å². The molecule has 1 aromatic heterocycles. The van der Waals surface area contributed by atoms with E-state index < -0.39 is 10.0 Å². The maximum Gasteiger partial charge on any atom is 0.263 e. The monoisotopic (exact) mass is 414 g/mol. The molecule has 0 aliphatic carbocycles. The Labute approximate surface area is 157 Å². The number of sulfonamides is 1. The number of rotatable bonds is 6. The standard InChI is InChI=1S/C14H14N4O3S4/c19-12(9-24-14-16-6-8-23-14)17-10-1-3-11(4-2-10)25(20,21)18-13-15-5-7-22-13/h1-5,7H,6,8-9H2,(H,15,18)(H,17,19). The van der Waals surface area contributed by atoms with Crippen molar-refractivity contribution in [3.8, 4) is 0 Å². The zero-order valence-corrected chi connectivity index (χ0v) is 16.1. The highest BCUT2D eigenvalue weighted by Gasteiger charge is 2.16. The minimum absolute atomic E-state index is 0.104. The predicted molar refractivity (Wildman–Crippen MR) is 105 cm³/mol. The third-order valence-electron chi connectivity index (χ3n) is 2.99. The number of hydrogen-bond acceptors (Lipinski definition) is 8. The van der Waals surface area contributed by atoms with Gasteiger partial charge in [0.2, 0.25) is 5.91 Å². The summed E-state index contributed by atoms with van der Waals surface area (Å²) in [6.45, 7) is 0.805. The number of thiazole rings is 1. The molecular formula is C14H14N4O3S4. The lowest BCUT2D eigenvalue weighted by Crippen LogP contribution is -2.15. The van der Waals surface area contributed by atoms with Crippen molar-refractivity contribution in [2.24, 2.45) is 4.99 Å². The van der Waals surface area contributed by atoms with Crippen molar-refractivity contribution in [1.29, 1.82) is 0 Å². The highest BCUT2D eigenvalue weighted by atomic mass is 32.2. The Morgan fingerprint density at radius 1 is 1.28 bits per heavy atom. The summed E-state index contributed by atoms with van der Waals surface area (Å²) in [6.07, 6.45) is 1.52. The second-order valence-electron chi connectivity index (χ2n) is 4.80. The Morgan fingerprint density at radius 3 is 2.72 bits per heavy atom. The molecular weight excluding hydrogens is 400 g/mol. The van der Waals surface area contributed by atoms with Crippen LogP contribution in [0, 0.1) is 0 Å². The van der Waals surface area contributed by atoms with Crippen LogP contribution >= 0.6 is 34.9 Å². The summed E-state index contributed by atoms with van der Waals surface area (Å²) in [5.41, 5.74) is 0.541. The lowest BCUT2D eigenvalue weighted by molar-refractivity contribution is -0.113. The summed E-state index contributed by atoms with van der Waals surface area (Å²) >= 11 is 4.26. The predicted octanol–water partition coefficient (Wildman–Crippen LogP) is 2.72. The van der Waals surface area contributed by atoms with Crippen molar-refractivity contribution in [2.75, 3.05) is 28.1 Å². The first-order valence-corrected chi connectivity index (χ1v) is 11.5. The van der Waals surface area contributed by atoms with Crippen molar-refractivity contribution >= 4 is 66.0 Å². The topological polar surface area (TPSA) is 101 Å². The molecule has 25 heavy (non-hydrogen) atoms. The highest BCUT2D eigenvalue weighted by Crippen LogP contribution is 2.23. The van der Waals surface area contributed by atoms with E-state index in [1.54, 1.807) is 29.3 Å². The Morgan fingerprint density at radius 2 is 2.08 bits per heavy atom. The molecule has 1 aromatic carbocycles. The molecule has 0 unspecified atom stereocenters. The molecule has 0 radical (unpaired) electrons. The third-order valence-corrected chi connectivity index (χ3v) is 7.41. The van der Waals surface area contributed by atoms with Gasteiger partial charge in [-0.3, -0.25) is 14.5 Å². The van der Waals surface area contributed by atoms with Gasteiger partial charge in [-0.15, -0.1) is 11.3 Å². The highest BCUT2D eigenvalue weighted by molar-refractivity contribution is 8.39. The molecule has 1 aliphatic heterocycles. The van der Waals surface area contributed by atoms with E-state index in [9.17, 15) is 13.2 Å². The van der Waals surface area contributed by atoms with Gasteiger partial charge in [-0.1, -0.05) is 23.5 Å². The number of carbonyl (C=O) groups excluding carboxylic acids is 1. The first-order valence-electron chi connectivity index (χ1n) is 7.15. The molecule has 0 fully saturated rings. The fraction of sp³-hybridized carbons (Fsp3) is 0.214. The van der Waals surface area contributed by atoms with E-state index in [4.69, 9.17) is 0 Å². The van der Waals surface area contributed by atoms with Gasteiger partial charge in [0.15, 0.2) is 5.13 Å². The maximum absolute atomic E-state index is 12.2. The molecule has 2 aromatic rings. The number of aliphatic imine (C=N–C) groups is 1. The molecule has 3 rings (SSSR count). The average Bonchev–Trinajstić information content (AvgIpc) is 3.27. The first kappa shape index (κ1) is 18.2. The second kappa shape index (κ2) is 8.21. The minimum Gasteiger partial charge on any atom is -0.325 e. The molecule has 0 spiro atoms. The lowest BCUT2D eigenvalue weighted by Gasteiger charge is -2.08. The zero-order valence-electron chi connectivity index (χ0n) is 12.8. The Kier molecular flexibility index (Phi) is 5.99. The number of anilines is 2. The summed E-state index contributed by atoms with van der Waals surface area (Å²) in [6, 6.07) is 5.99. The van der Waals surface area contributed by atoms with Gasteiger partial charge in [0, 0.05) is 23.0 Å². The van der Waals surface area contributed by atoms with Crippen LogP contribution < -0.4 is 10.0 Å². The van der Waals surface area contributed by atoms with Gasteiger partial charge in [0.05, 0.1) is 17.2 Å². The molecule has 2 N–H and O–H groups in total. The van der Waals surface area contributed by atoms with Crippen LogP contribution in [0.25, 0.3) is 0 Å². The molecule has 132 valence electrons. The van der Waals surface area contributed by atoms with Gasteiger partial charge in [-0.25, -0.2) is 13.4 Å². The number of amides is 1. The molecule has 0 bridgehead atoms. The van der Waals surface area contributed by atoms with Crippen molar-refractivity contribution in [1.82, 2.24) is 4.98 Å². The van der Waals surface area contributed by atoms with Crippen LogP contribution in [-0.4, -0.2) is 41.7 Å². The molecule has 11 heteroatoms. The van der Waals surface area contributed by atoms with Crippen LogP contribution in [0.2, 0.25) is 0 Å². The molecule has 1 amide bonds. The summed E-state index contributed by atoms with van der Waals surface area (Å²) in [7, 11) is -3.69. The van der Waals surface area contributed by atoms with E-state index in [0.29, 0.717) is 10.8 Å². The van der Waals surface area contributed by atoms with Crippen LogP contribution in [0.5, 0.6) is 0 Å². The van der Waals surface area contributed by atoms with Crippen molar-refractivity contribution in [2.45, 2.75) is 4.90 Å². The zero-order chi connectivity index (χ0) is 17.7. The normalized spacial score (nSPS) is 14.2.